The Kier molecular flexibility index (Phi) is 7.82. The minimum atomic E-state index is -3.50. The molecule has 1 fully saturated rings. The lowest BCUT2D eigenvalue weighted by molar-refractivity contribution is 0.0443. The van der Waals surface area contributed by atoms with E-state index in [0.29, 0.717) is 63.9 Å². The van der Waals surface area contributed by atoms with Crippen molar-refractivity contribution in [3.8, 4) is 34.5 Å². The summed E-state index contributed by atoms with van der Waals surface area (Å²) in [7, 11) is -1.84. The lowest BCUT2D eigenvalue weighted by atomic mass is 10.0. The molecule has 1 N–H and O–H groups in total. The fourth-order valence-electron chi connectivity index (χ4n) is 4.47. The minimum Gasteiger partial charge on any atom is -0.455 e. The van der Waals surface area contributed by atoms with Crippen molar-refractivity contribution in [1.29, 1.82) is 0 Å². The average Bonchev–Trinajstić information content (AvgIpc) is 3.43. The second-order valence-corrected chi connectivity index (χ2v) is 11.9. The van der Waals surface area contributed by atoms with Gasteiger partial charge in [0.15, 0.2) is 9.84 Å². The lowest BCUT2D eigenvalue weighted by Crippen LogP contribution is -2.36. The van der Waals surface area contributed by atoms with Crippen molar-refractivity contribution < 1.29 is 17.9 Å². The Morgan fingerprint density at radius 3 is 2.62 bits per heavy atom. The Balaban J connectivity index is 1.60. The number of hydrogen-bond acceptors (Lipinski definition) is 6. The predicted octanol–water partition coefficient (Wildman–Crippen LogP) is 4.46. The first-order chi connectivity index (χ1) is 18.8. The highest BCUT2D eigenvalue weighted by atomic mass is 35.5. The lowest BCUT2D eigenvalue weighted by Gasteiger charge is -2.24. The third-order valence-corrected chi connectivity index (χ3v) is 8.63. The molecule has 1 aliphatic rings. The highest BCUT2D eigenvalue weighted by Crippen LogP contribution is 2.39. The van der Waals surface area contributed by atoms with E-state index in [4.69, 9.17) is 21.1 Å². The van der Waals surface area contributed by atoms with Crippen LogP contribution in [0.2, 0.25) is 5.02 Å². The highest BCUT2D eigenvalue weighted by Gasteiger charge is 2.20. The molecule has 202 valence electrons. The summed E-state index contributed by atoms with van der Waals surface area (Å²) in [6.45, 7) is 5.24. The van der Waals surface area contributed by atoms with Gasteiger partial charge < -0.3 is 19.0 Å². The van der Waals surface area contributed by atoms with Crippen molar-refractivity contribution in [2.24, 2.45) is 7.05 Å². The van der Waals surface area contributed by atoms with E-state index in [1.807, 2.05) is 0 Å². The van der Waals surface area contributed by atoms with Crippen molar-refractivity contribution in [2.75, 3.05) is 38.6 Å². The van der Waals surface area contributed by atoms with E-state index < -0.39 is 9.84 Å². The molecule has 4 aromatic rings. The van der Waals surface area contributed by atoms with Gasteiger partial charge in [0.1, 0.15) is 17.0 Å². The second kappa shape index (κ2) is 11.3. The predicted molar refractivity (Wildman–Crippen MR) is 152 cm³/mol. The zero-order valence-electron chi connectivity index (χ0n) is 21.7. The highest BCUT2D eigenvalue weighted by molar-refractivity contribution is 7.91. The molecule has 2 aromatic carbocycles. The molecule has 39 heavy (non-hydrogen) atoms. The number of nitrogens with one attached hydrogen (secondary N) is 1. The van der Waals surface area contributed by atoms with Gasteiger partial charge in [-0.1, -0.05) is 30.4 Å². The number of morpholine rings is 1. The van der Waals surface area contributed by atoms with Crippen LogP contribution in [-0.2, 0) is 21.6 Å². The Hall–Kier alpha value is -3.55. The van der Waals surface area contributed by atoms with Crippen LogP contribution in [0.5, 0.6) is 11.5 Å². The fraction of sp³-hybridized carbons (Fsp3) is 0.276. The number of pyridine rings is 1. The van der Waals surface area contributed by atoms with Gasteiger partial charge >= 0.3 is 0 Å². The van der Waals surface area contributed by atoms with Crippen LogP contribution in [0.25, 0.3) is 22.0 Å². The van der Waals surface area contributed by atoms with E-state index in [1.54, 1.807) is 62.8 Å². The maximum Gasteiger partial charge on any atom is 0.274 e. The van der Waals surface area contributed by atoms with Crippen molar-refractivity contribution in [3.63, 3.8) is 0 Å². The first kappa shape index (κ1) is 27.0. The molecular formula is C29H28ClN3O5S. The molecule has 0 aliphatic carbocycles. The summed E-state index contributed by atoms with van der Waals surface area (Å²) in [6.07, 6.45) is 3.37. The molecule has 0 atom stereocenters. The summed E-state index contributed by atoms with van der Waals surface area (Å²) in [5, 5.41) is 1.19. The van der Waals surface area contributed by atoms with Gasteiger partial charge in [0.25, 0.3) is 5.56 Å². The first-order valence-electron chi connectivity index (χ1n) is 12.6. The molecular weight excluding hydrogens is 538 g/mol. The molecule has 0 bridgehead atoms. The van der Waals surface area contributed by atoms with Gasteiger partial charge in [0.05, 0.1) is 36.0 Å². The first-order valence-corrected chi connectivity index (χ1v) is 14.6. The smallest absolute Gasteiger partial charge is 0.274 e. The van der Waals surface area contributed by atoms with Gasteiger partial charge in [-0.25, -0.2) is 8.42 Å². The van der Waals surface area contributed by atoms with Crippen LogP contribution in [-0.4, -0.2) is 61.5 Å². The Bertz CT molecular complexity index is 1760. The summed E-state index contributed by atoms with van der Waals surface area (Å²) in [6, 6.07) is 11.8. The molecule has 10 heteroatoms. The number of halogens is 1. The summed E-state index contributed by atoms with van der Waals surface area (Å²) in [5.41, 5.74) is 2.04. The Labute approximate surface area is 232 Å². The van der Waals surface area contributed by atoms with E-state index >= 15 is 0 Å². The minimum absolute atomic E-state index is 0.0421. The van der Waals surface area contributed by atoms with Crippen LogP contribution in [0.15, 0.2) is 64.5 Å². The molecule has 0 unspecified atom stereocenters. The van der Waals surface area contributed by atoms with Gasteiger partial charge in [0.2, 0.25) is 0 Å². The number of fused-ring (bicyclic) bond motifs is 1. The number of sulfone groups is 1. The van der Waals surface area contributed by atoms with Crippen LogP contribution in [0, 0.1) is 11.8 Å². The SMILES string of the molecule is CCS(=O)(=O)c1ccc(Oc2ccc(Cl)cc2C#CCN2CCOCC2)c(-c2cn(C)c(=O)c3[nH]ccc23)c1. The van der Waals surface area contributed by atoms with E-state index in [9.17, 15) is 13.2 Å². The van der Waals surface area contributed by atoms with E-state index in [2.05, 4.69) is 21.7 Å². The van der Waals surface area contributed by atoms with Crippen molar-refractivity contribution in [2.45, 2.75) is 11.8 Å². The van der Waals surface area contributed by atoms with Crippen LogP contribution in [0.1, 0.15) is 12.5 Å². The number of aromatic amines is 1. The normalized spacial score (nSPS) is 14.2. The monoisotopic (exact) mass is 565 g/mol. The summed E-state index contributed by atoms with van der Waals surface area (Å²) in [5.74, 6) is 7.24. The average molecular weight is 566 g/mol. The molecule has 0 amide bonds. The van der Waals surface area contributed by atoms with Gasteiger partial charge in [-0.15, -0.1) is 0 Å². The van der Waals surface area contributed by atoms with E-state index in [0.717, 1.165) is 13.1 Å². The maximum atomic E-state index is 12.8. The quantitative estimate of drug-likeness (QED) is 0.347. The third kappa shape index (κ3) is 5.75. The summed E-state index contributed by atoms with van der Waals surface area (Å²) < 4.78 is 38.8. The van der Waals surface area contributed by atoms with Crippen molar-refractivity contribution >= 4 is 32.3 Å². The number of nitrogens with zero attached hydrogens (tertiary/aromatic N) is 2. The number of H-pyrrole nitrogens is 1. The third-order valence-electron chi connectivity index (χ3n) is 6.67. The molecule has 3 heterocycles. The second-order valence-electron chi connectivity index (χ2n) is 9.22. The molecule has 0 radical (unpaired) electrons. The molecule has 2 aromatic heterocycles. The van der Waals surface area contributed by atoms with Crippen molar-refractivity contribution in [1.82, 2.24) is 14.5 Å². The van der Waals surface area contributed by atoms with Gasteiger partial charge in [-0.3, -0.25) is 9.69 Å². The summed E-state index contributed by atoms with van der Waals surface area (Å²) in [4.78, 5) is 18.1. The van der Waals surface area contributed by atoms with E-state index in [1.165, 1.54) is 10.6 Å². The number of hydrogen-bond donors (Lipinski definition) is 1. The zero-order valence-corrected chi connectivity index (χ0v) is 23.2. The standard InChI is InChI=1S/C29H28ClN3O5S/c1-3-39(35,36)22-7-9-27(24(18-22)25-19-32(2)29(34)28-23(25)10-11-31-28)38-26-8-6-21(30)17-20(26)5-4-12-33-13-15-37-16-14-33/h6-11,17-19,31H,3,12-16H2,1-2H3. The zero-order chi connectivity index (χ0) is 27.6. The Morgan fingerprint density at radius 1 is 1.08 bits per heavy atom. The number of ether oxygens (including phenoxy) is 2. The number of aryl methyl sites for hydroxylation is 1. The van der Waals surface area contributed by atoms with E-state index in [-0.39, 0.29) is 16.2 Å². The van der Waals surface area contributed by atoms with Gasteiger partial charge in [-0.05, 0) is 42.5 Å². The Morgan fingerprint density at radius 2 is 1.85 bits per heavy atom. The molecule has 0 spiro atoms. The molecule has 8 nitrogen and oxygen atoms in total. The maximum absolute atomic E-state index is 12.8. The number of rotatable bonds is 6. The van der Waals surface area contributed by atoms with Crippen LogP contribution in [0.4, 0.5) is 0 Å². The van der Waals surface area contributed by atoms with Crippen LogP contribution in [0.3, 0.4) is 0 Å². The largest absolute Gasteiger partial charge is 0.455 e. The molecule has 1 saturated heterocycles. The van der Waals surface area contributed by atoms with Crippen molar-refractivity contribution in [3.05, 3.63) is 75.8 Å². The molecule has 0 saturated carbocycles. The van der Waals surface area contributed by atoms with Gasteiger partial charge in [0, 0.05) is 54.1 Å². The fourth-order valence-corrected chi connectivity index (χ4v) is 5.54. The van der Waals surface area contributed by atoms with Gasteiger partial charge in [-0.2, -0.15) is 0 Å². The molecule has 1 aliphatic heterocycles. The van der Waals surface area contributed by atoms with Crippen LogP contribution < -0.4 is 10.3 Å². The number of benzene rings is 2. The molecule has 5 rings (SSSR count). The topological polar surface area (TPSA) is 93.6 Å². The summed E-state index contributed by atoms with van der Waals surface area (Å²) >= 11 is 6.29. The number of aromatic nitrogens is 2. The van der Waals surface area contributed by atoms with Crippen LogP contribution >= 0.6 is 11.6 Å².